The number of aryl methyl sites for hydroxylation is 1. The van der Waals surface area contributed by atoms with Crippen molar-refractivity contribution in [2.45, 2.75) is 25.8 Å². The molecular formula is C13H19NOS. The third kappa shape index (κ3) is 2.92. The zero-order valence-electron chi connectivity index (χ0n) is 9.74. The van der Waals surface area contributed by atoms with Crippen molar-refractivity contribution < 1.29 is 4.21 Å². The minimum absolute atomic E-state index is 0.272. The summed E-state index contributed by atoms with van der Waals surface area (Å²) in [5, 5.41) is 3.47. The van der Waals surface area contributed by atoms with Crippen LogP contribution in [0.4, 0.5) is 0 Å². The van der Waals surface area contributed by atoms with Crippen molar-refractivity contribution in [1.29, 1.82) is 0 Å². The van der Waals surface area contributed by atoms with Crippen molar-refractivity contribution >= 4 is 10.8 Å². The Morgan fingerprint density at radius 2 is 2.12 bits per heavy atom. The molecule has 1 fully saturated rings. The van der Waals surface area contributed by atoms with Crippen LogP contribution in [0.5, 0.6) is 0 Å². The lowest BCUT2D eigenvalue weighted by Gasteiger charge is -2.15. The van der Waals surface area contributed by atoms with Gasteiger partial charge in [0, 0.05) is 28.3 Å². The van der Waals surface area contributed by atoms with Crippen molar-refractivity contribution in [2.75, 3.05) is 18.1 Å². The minimum atomic E-state index is -0.658. The molecular weight excluding hydrogens is 218 g/mol. The molecule has 1 aliphatic heterocycles. The molecule has 2 rings (SSSR count). The summed E-state index contributed by atoms with van der Waals surface area (Å²) in [6.45, 7) is 3.14. The van der Waals surface area contributed by atoms with Gasteiger partial charge in [0.15, 0.2) is 0 Å². The second-order valence-electron chi connectivity index (χ2n) is 4.27. The maximum atomic E-state index is 11.7. The SMILES string of the molecule is CCc1ccc(C2CS(=O)CCCN2)cc1. The summed E-state index contributed by atoms with van der Waals surface area (Å²) in [4.78, 5) is 0. The molecule has 1 N–H and O–H groups in total. The maximum Gasteiger partial charge on any atom is 0.0436 e. The molecule has 1 aromatic rings. The molecule has 2 atom stereocenters. The van der Waals surface area contributed by atoms with Crippen molar-refractivity contribution in [3.63, 3.8) is 0 Å². The number of rotatable bonds is 2. The van der Waals surface area contributed by atoms with Gasteiger partial charge in [-0.3, -0.25) is 4.21 Å². The average Bonchev–Trinajstić information content (AvgIpc) is 2.54. The molecule has 2 unspecified atom stereocenters. The Morgan fingerprint density at radius 3 is 2.81 bits per heavy atom. The van der Waals surface area contributed by atoms with E-state index in [2.05, 4.69) is 36.5 Å². The van der Waals surface area contributed by atoms with E-state index in [1.54, 1.807) is 0 Å². The first-order valence-corrected chi connectivity index (χ1v) is 7.45. The first-order chi connectivity index (χ1) is 7.79. The van der Waals surface area contributed by atoms with Gasteiger partial charge in [-0.05, 0) is 30.5 Å². The predicted molar refractivity (Wildman–Crippen MR) is 69.1 cm³/mol. The van der Waals surface area contributed by atoms with E-state index >= 15 is 0 Å². The third-order valence-electron chi connectivity index (χ3n) is 3.08. The normalized spacial score (nSPS) is 26.3. The van der Waals surface area contributed by atoms with Crippen LogP contribution in [-0.2, 0) is 17.2 Å². The lowest BCUT2D eigenvalue weighted by molar-refractivity contribution is 0.587. The van der Waals surface area contributed by atoms with Gasteiger partial charge in [0.2, 0.25) is 0 Å². The van der Waals surface area contributed by atoms with Gasteiger partial charge in [0.25, 0.3) is 0 Å². The molecule has 0 radical (unpaired) electrons. The Morgan fingerprint density at radius 1 is 1.38 bits per heavy atom. The zero-order valence-corrected chi connectivity index (χ0v) is 10.6. The second-order valence-corrected chi connectivity index (χ2v) is 5.89. The van der Waals surface area contributed by atoms with E-state index in [1.807, 2.05) is 0 Å². The number of nitrogens with one attached hydrogen (secondary N) is 1. The van der Waals surface area contributed by atoms with Gasteiger partial charge in [0.1, 0.15) is 0 Å². The highest BCUT2D eigenvalue weighted by atomic mass is 32.2. The van der Waals surface area contributed by atoms with Gasteiger partial charge < -0.3 is 5.32 Å². The number of hydrogen-bond acceptors (Lipinski definition) is 2. The summed E-state index contributed by atoms with van der Waals surface area (Å²) in [6, 6.07) is 8.95. The minimum Gasteiger partial charge on any atom is -0.309 e. The average molecular weight is 237 g/mol. The van der Waals surface area contributed by atoms with Crippen molar-refractivity contribution in [1.82, 2.24) is 5.32 Å². The summed E-state index contributed by atoms with van der Waals surface area (Å²) in [5.74, 6) is 1.60. The van der Waals surface area contributed by atoms with Gasteiger partial charge in [-0.15, -0.1) is 0 Å². The Hall–Kier alpha value is -0.670. The van der Waals surface area contributed by atoms with Crippen molar-refractivity contribution in [2.24, 2.45) is 0 Å². The van der Waals surface area contributed by atoms with Crippen LogP contribution in [0.25, 0.3) is 0 Å². The summed E-state index contributed by atoms with van der Waals surface area (Å²) in [5.41, 5.74) is 2.63. The Bertz CT molecular complexity index is 361. The molecule has 3 heteroatoms. The Balaban J connectivity index is 2.12. The van der Waals surface area contributed by atoms with Crippen LogP contribution in [0.1, 0.15) is 30.5 Å². The van der Waals surface area contributed by atoms with Crippen LogP contribution >= 0.6 is 0 Å². The topological polar surface area (TPSA) is 29.1 Å². The quantitative estimate of drug-likeness (QED) is 0.853. The molecule has 88 valence electrons. The van der Waals surface area contributed by atoms with E-state index < -0.39 is 10.8 Å². The number of benzene rings is 1. The molecule has 0 saturated carbocycles. The third-order valence-corrected chi connectivity index (χ3v) is 4.53. The summed E-state index contributed by atoms with van der Waals surface area (Å²) >= 11 is 0. The van der Waals surface area contributed by atoms with Crippen molar-refractivity contribution in [3.05, 3.63) is 35.4 Å². The predicted octanol–water partition coefficient (Wildman–Crippen LogP) is 2.03. The molecule has 0 amide bonds. The molecule has 16 heavy (non-hydrogen) atoms. The highest BCUT2D eigenvalue weighted by Gasteiger charge is 2.17. The molecule has 1 saturated heterocycles. The van der Waals surface area contributed by atoms with E-state index in [1.165, 1.54) is 11.1 Å². The smallest absolute Gasteiger partial charge is 0.0436 e. The molecule has 0 aliphatic carbocycles. The fourth-order valence-electron chi connectivity index (χ4n) is 2.04. The fourth-order valence-corrected chi connectivity index (χ4v) is 3.35. The largest absolute Gasteiger partial charge is 0.309 e. The van der Waals surface area contributed by atoms with Gasteiger partial charge in [-0.2, -0.15) is 0 Å². The van der Waals surface area contributed by atoms with Crippen LogP contribution in [0.15, 0.2) is 24.3 Å². The molecule has 1 heterocycles. The molecule has 0 aromatic heterocycles. The lowest BCUT2D eigenvalue weighted by atomic mass is 10.0. The number of hydrogen-bond donors (Lipinski definition) is 1. The van der Waals surface area contributed by atoms with Gasteiger partial charge in [-0.25, -0.2) is 0 Å². The molecule has 1 aromatic carbocycles. The molecule has 1 aliphatic rings. The first kappa shape index (κ1) is 11.8. The highest BCUT2D eigenvalue weighted by Crippen LogP contribution is 2.17. The van der Waals surface area contributed by atoms with E-state index in [4.69, 9.17) is 0 Å². The van der Waals surface area contributed by atoms with Crippen LogP contribution < -0.4 is 5.32 Å². The standard InChI is InChI=1S/C13H19NOS/c1-2-11-4-6-12(7-5-11)13-10-16(15)9-3-8-14-13/h4-7,13-14H,2-3,8-10H2,1H3. The molecule has 0 bridgehead atoms. The van der Waals surface area contributed by atoms with E-state index in [0.29, 0.717) is 0 Å². The summed E-state index contributed by atoms with van der Waals surface area (Å²) in [6.07, 6.45) is 2.10. The first-order valence-electron chi connectivity index (χ1n) is 5.97. The van der Waals surface area contributed by atoms with Crippen LogP contribution in [0.2, 0.25) is 0 Å². The second kappa shape index (κ2) is 5.60. The van der Waals surface area contributed by atoms with Gasteiger partial charge in [0.05, 0.1) is 0 Å². The van der Waals surface area contributed by atoms with E-state index in [-0.39, 0.29) is 6.04 Å². The lowest BCUT2D eigenvalue weighted by Crippen LogP contribution is -2.23. The van der Waals surface area contributed by atoms with E-state index in [0.717, 1.165) is 30.9 Å². The van der Waals surface area contributed by atoms with Crippen LogP contribution in [-0.4, -0.2) is 22.3 Å². The van der Waals surface area contributed by atoms with Crippen molar-refractivity contribution in [3.8, 4) is 0 Å². The van der Waals surface area contributed by atoms with E-state index in [9.17, 15) is 4.21 Å². The Kier molecular flexibility index (Phi) is 4.13. The summed E-state index contributed by atoms with van der Waals surface area (Å²) in [7, 11) is -0.658. The van der Waals surface area contributed by atoms with Crippen LogP contribution in [0, 0.1) is 0 Å². The highest BCUT2D eigenvalue weighted by molar-refractivity contribution is 7.85. The monoisotopic (exact) mass is 237 g/mol. The fraction of sp³-hybridized carbons (Fsp3) is 0.538. The zero-order chi connectivity index (χ0) is 11.4. The Labute approximate surface area is 99.9 Å². The van der Waals surface area contributed by atoms with Crippen LogP contribution in [0.3, 0.4) is 0 Å². The summed E-state index contributed by atoms with van der Waals surface area (Å²) < 4.78 is 11.7. The maximum absolute atomic E-state index is 11.7. The van der Waals surface area contributed by atoms with Gasteiger partial charge in [-0.1, -0.05) is 31.2 Å². The molecule has 0 spiro atoms. The van der Waals surface area contributed by atoms with Gasteiger partial charge >= 0.3 is 0 Å². The molecule has 2 nitrogen and oxygen atoms in total.